The highest BCUT2D eigenvalue weighted by molar-refractivity contribution is 6.09. The molecule has 33 heavy (non-hydrogen) atoms. The van der Waals surface area contributed by atoms with E-state index in [0.29, 0.717) is 29.9 Å². The number of piperidine rings is 1. The molecule has 1 saturated heterocycles. The van der Waals surface area contributed by atoms with Gasteiger partial charge in [0.25, 0.3) is 11.8 Å². The van der Waals surface area contributed by atoms with Crippen molar-refractivity contribution in [2.45, 2.75) is 19.8 Å². The number of aryl methyl sites for hydroxylation is 1. The Labute approximate surface area is 193 Å². The van der Waals surface area contributed by atoms with Crippen molar-refractivity contribution in [2.75, 3.05) is 23.7 Å². The number of anilines is 2. The third-order valence-electron chi connectivity index (χ3n) is 5.81. The number of hydrogen-bond donors (Lipinski definition) is 2. The second kappa shape index (κ2) is 10.1. The van der Waals surface area contributed by atoms with Crippen molar-refractivity contribution in [3.8, 4) is 0 Å². The van der Waals surface area contributed by atoms with Crippen LogP contribution in [-0.2, 0) is 4.79 Å². The molecule has 6 nitrogen and oxygen atoms in total. The van der Waals surface area contributed by atoms with E-state index >= 15 is 0 Å². The molecule has 168 valence electrons. The predicted octanol–water partition coefficient (Wildman–Crippen LogP) is 4.74. The zero-order valence-corrected chi connectivity index (χ0v) is 18.6. The maximum atomic E-state index is 13.4. The highest BCUT2D eigenvalue weighted by Crippen LogP contribution is 2.24. The minimum atomic E-state index is -0.281. The highest BCUT2D eigenvalue weighted by Gasteiger charge is 2.30. The van der Waals surface area contributed by atoms with Crippen LogP contribution in [0, 0.1) is 12.8 Å². The van der Waals surface area contributed by atoms with Gasteiger partial charge in [0.05, 0.1) is 17.2 Å². The summed E-state index contributed by atoms with van der Waals surface area (Å²) in [6, 6.07) is 23.6. The number of hydrogen-bond acceptors (Lipinski definition) is 3. The molecular formula is C27H27N3O3. The van der Waals surface area contributed by atoms with Gasteiger partial charge >= 0.3 is 0 Å². The number of benzene rings is 3. The van der Waals surface area contributed by atoms with E-state index in [2.05, 4.69) is 10.6 Å². The summed E-state index contributed by atoms with van der Waals surface area (Å²) in [6.07, 6.45) is 1.48. The van der Waals surface area contributed by atoms with Gasteiger partial charge in [0.1, 0.15) is 0 Å². The molecule has 3 aromatic rings. The molecule has 3 aromatic carbocycles. The molecule has 2 N–H and O–H groups in total. The summed E-state index contributed by atoms with van der Waals surface area (Å²) in [5.41, 5.74) is 3.15. The van der Waals surface area contributed by atoms with Gasteiger partial charge in [0.15, 0.2) is 0 Å². The maximum absolute atomic E-state index is 13.4. The van der Waals surface area contributed by atoms with Gasteiger partial charge in [0.2, 0.25) is 5.91 Å². The monoisotopic (exact) mass is 441 g/mol. The number of amides is 3. The van der Waals surface area contributed by atoms with E-state index in [4.69, 9.17) is 0 Å². The number of likely N-dealkylation sites (tertiary alicyclic amines) is 1. The predicted molar refractivity (Wildman–Crippen MR) is 129 cm³/mol. The Bertz CT molecular complexity index is 1160. The Balaban J connectivity index is 1.46. The number of rotatable bonds is 5. The molecule has 1 fully saturated rings. The molecular weight excluding hydrogens is 414 g/mol. The minimum Gasteiger partial charge on any atom is -0.338 e. The molecule has 0 aromatic heterocycles. The van der Waals surface area contributed by atoms with Gasteiger partial charge in [-0.15, -0.1) is 0 Å². The first kappa shape index (κ1) is 22.3. The SMILES string of the molecule is Cc1cccc(C(=O)Nc2ccccc2C(=O)N2CCCC(C(=O)Nc3ccccc3)C2)c1. The fraction of sp³-hybridized carbons (Fsp3) is 0.222. The Morgan fingerprint density at radius 3 is 2.42 bits per heavy atom. The van der Waals surface area contributed by atoms with E-state index in [1.807, 2.05) is 49.4 Å². The van der Waals surface area contributed by atoms with Crippen molar-refractivity contribution < 1.29 is 14.4 Å². The van der Waals surface area contributed by atoms with Crippen molar-refractivity contribution in [3.05, 3.63) is 95.6 Å². The molecule has 0 bridgehead atoms. The third kappa shape index (κ3) is 5.47. The minimum absolute atomic E-state index is 0.0836. The Hall–Kier alpha value is -3.93. The summed E-state index contributed by atoms with van der Waals surface area (Å²) in [4.78, 5) is 40.6. The number of para-hydroxylation sites is 2. The summed E-state index contributed by atoms with van der Waals surface area (Å²) in [5, 5.41) is 5.81. The molecule has 1 aliphatic heterocycles. The molecule has 6 heteroatoms. The zero-order valence-electron chi connectivity index (χ0n) is 18.6. The zero-order chi connectivity index (χ0) is 23.2. The van der Waals surface area contributed by atoms with Crippen LogP contribution in [0.4, 0.5) is 11.4 Å². The van der Waals surface area contributed by atoms with Crippen LogP contribution in [0.3, 0.4) is 0 Å². The Kier molecular flexibility index (Phi) is 6.83. The van der Waals surface area contributed by atoms with Gasteiger partial charge in [-0.3, -0.25) is 14.4 Å². The molecule has 0 aliphatic carbocycles. The molecule has 1 atom stereocenters. The first-order chi connectivity index (χ1) is 16.0. The standard InChI is InChI=1S/C27H27N3O3/c1-19-9-7-10-20(17-19)25(31)29-24-15-6-5-14-23(24)27(33)30-16-8-11-21(18-30)26(32)28-22-12-3-2-4-13-22/h2-7,9-10,12-15,17,21H,8,11,16,18H2,1H3,(H,28,32)(H,29,31). The van der Waals surface area contributed by atoms with Crippen LogP contribution in [0.5, 0.6) is 0 Å². The molecule has 0 saturated carbocycles. The lowest BCUT2D eigenvalue weighted by molar-refractivity contribution is -0.121. The van der Waals surface area contributed by atoms with E-state index in [1.54, 1.807) is 41.3 Å². The van der Waals surface area contributed by atoms with E-state index in [1.165, 1.54) is 0 Å². The Morgan fingerprint density at radius 2 is 1.64 bits per heavy atom. The van der Waals surface area contributed by atoms with Gasteiger partial charge in [-0.05, 0) is 56.2 Å². The van der Waals surface area contributed by atoms with Crippen molar-refractivity contribution in [1.29, 1.82) is 0 Å². The summed E-state index contributed by atoms with van der Waals surface area (Å²) < 4.78 is 0. The van der Waals surface area contributed by atoms with E-state index in [-0.39, 0.29) is 23.6 Å². The maximum Gasteiger partial charge on any atom is 0.255 e. The number of nitrogens with zero attached hydrogens (tertiary/aromatic N) is 1. The lowest BCUT2D eigenvalue weighted by Crippen LogP contribution is -2.44. The molecule has 1 unspecified atom stereocenters. The number of carbonyl (C=O) groups excluding carboxylic acids is 3. The fourth-order valence-corrected chi connectivity index (χ4v) is 4.07. The quantitative estimate of drug-likeness (QED) is 0.600. The summed E-state index contributed by atoms with van der Waals surface area (Å²) in [5.74, 6) is -0.818. The van der Waals surface area contributed by atoms with Crippen molar-refractivity contribution >= 4 is 29.1 Å². The van der Waals surface area contributed by atoms with Crippen LogP contribution < -0.4 is 10.6 Å². The fourth-order valence-electron chi connectivity index (χ4n) is 4.07. The topological polar surface area (TPSA) is 78.5 Å². The normalized spacial score (nSPS) is 15.5. The molecule has 0 spiro atoms. The third-order valence-corrected chi connectivity index (χ3v) is 5.81. The van der Waals surface area contributed by atoms with Gasteiger partial charge in [-0.1, -0.05) is 48.0 Å². The number of nitrogens with one attached hydrogen (secondary N) is 2. The van der Waals surface area contributed by atoms with Crippen molar-refractivity contribution in [1.82, 2.24) is 4.90 Å². The lowest BCUT2D eigenvalue weighted by atomic mass is 9.96. The lowest BCUT2D eigenvalue weighted by Gasteiger charge is -2.32. The highest BCUT2D eigenvalue weighted by atomic mass is 16.2. The van der Waals surface area contributed by atoms with Gasteiger partial charge in [-0.25, -0.2) is 0 Å². The van der Waals surface area contributed by atoms with Crippen molar-refractivity contribution in [2.24, 2.45) is 5.92 Å². The average Bonchev–Trinajstić information content (AvgIpc) is 2.84. The van der Waals surface area contributed by atoms with Crippen LogP contribution in [-0.4, -0.2) is 35.7 Å². The molecule has 1 aliphatic rings. The second-order valence-corrected chi connectivity index (χ2v) is 8.31. The van der Waals surface area contributed by atoms with E-state index in [0.717, 1.165) is 24.1 Å². The summed E-state index contributed by atoms with van der Waals surface area (Å²) >= 11 is 0. The largest absolute Gasteiger partial charge is 0.338 e. The smallest absolute Gasteiger partial charge is 0.255 e. The second-order valence-electron chi connectivity index (χ2n) is 8.31. The van der Waals surface area contributed by atoms with Crippen LogP contribution in [0.25, 0.3) is 0 Å². The van der Waals surface area contributed by atoms with Gasteiger partial charge in [-0.2, -0.15) is 0 Å². The first-order valence-corrected chi connectivity index (χ1v) is 11.1. The van der Waals surface area contributed by atoms with Crippen LogP contribution in [0.1, 0.15) is 39.1 Å². The first-order valence-electron chi connectivity index (χ1n) is 11.1. The van der Waals surface area contributed by atoms with Crippen LogP contribution in [0.15, 0.2) is 78.9 Å². The molecule has 3 amide bonds. The average molecular weight is 442 g/mol. The van der Waals surface area contributed by atoms with E-state index in [9.17, 15) is 14.4 Å². The van der Waals surface area contributed by atoms with Gasteiger partial charge < -0.3 is 15.5 Å². The molecule has 1 heterocycles. The van der Waals surface area contributed by atoms with Crippen molar-refractivity contribution in [3.63, 3.8) is 0 Å². The summed E-state index contributed by atoms with van der Waals surface area (Å²) in [6.45, 7) is 2.85. The Morgan fingerprint density at radius 1 is 0.879 bits per heavy atom. The van der Waals surface area contributed by atoms with Gasteiger partial charge in [0, 0.05) is 24.3 Å². The summed E-state index contributed by atoms with van der Waals surface area (Å²) in [7, 11) is 0. The van der Waals surface area contributed by atoms with E-state index < -0.39 is 0 Å². The molecule has 0 radical (unpaired) electrons. The molecule has 4 rings (SSSR count). The number of carbonyl (C=O) groups is 3. The van der Waals surface area contributed by atoms with Crippen LogP contribution in [0.2, 0.25) is 0 Å². The van der Waals surface area contributed by atoms with Crippen LogP contribution >= 0.6 is 0 Å².